The Hall–Kier alpha value is -1.98. The van der Waals surface area contributed by atoms with Crippen LogP contribution in [0.4, 0.5) is 5.82 Å². The van der Waals surface area contributed by atoms with Crippen LogP contribution in [0.5, 0.6) is 0 Å². The van der Waals surface area contributed by atoms with Gasteiger partial charge in [-0.05, 0) is 32.1 Å². The van der Waals surface area contributed by atoms with Crippen molar-refractivity contribution >= 4 is 5.82 Å². The lowest BCUT2D eigenvalue weighted by atomic mass is 9.97. The summed E-state index contributed by atoms with van der Waals surface area (Å²) in [5.74, 6) is 3.32. The first kappa shape index (κ1) is 14.6. The summed E-state index contributed by atoms with van der Waals surface area (Å²) in [6.45, 7) is 6.12. The summed E-state index contributed by atoms with van der Waals surface area (Å²) in [6.07, 6.45) is 7.35. The van der Waals surface area contributed by atoms with Crippen LogP contribution in [-0.2, 0) is 12.8 Å². The Labute approximate surface area is 136 Å². The minimum absolute atomic E-state index is 0.279. The molecule has 0 radical (unpaired) electrons. The largest absolute Gasteiger partial charge is 0.356 e. The van der Waals surface area contributed by atoms with Crippen LogP contribution < -0.4 is 4.90 Å². The van der Waals surface area contributed by atoms with Crippen molar-refractivity contribution in [1.82, 2.24) is 20.1 Å². The van der Waals surface area contributed by atoms with Crippen molar-refractivity contribution < 1.29 is 4.52 Å². The Morgan fingerprint density at radius 1 is 1.22 bits per heavy atom. The van der Waals surface area contributed by atoms with Gasteiger partial charge in [0, 0.05) is 36.2 Å². The summed E-state index contributed by atoms with van der Waals surface area (Å²) < 4.78 is 5.39. The first-order chi connectivity index (χ1) is 11.2. The summed E-state index contributed by atoms with van der Waals surface area (Å²) in [6, 6.07) is 0. The van der Waals surface area contributed by atoms with Crippen molar-refractivity contribution in [3.8, 4) is 0 Å². The summed E-state index contributed by atoms with van der Waals surface area (Å²) in [5.41, 5.74) is 2.59. The fraction of sp³-hybridized carbons (Fsp3) is 0.647. The smallest absolute Gasteiger partial charge is 0.229 e. The second kappa shape index (κ2) is 5.91. The third-order valence-corrected chi connectivity index (χ3v) is 4.89. The first-order valence-electron chi connectivity index (χ1n) is 8.63. The molecule has 2 aromatic rings. The van der Waals surface area contributed by atoms with E-state index in [1.54, 1.807) is 6.33 Å². The second-order valence-electron chi connectivity index (χ2n) is 6.91. The number of hydrogen-bond donors (Lipinski definition) is 0. The number of fused-ring (bicyclic) bond motifs is 1. The van der Waals surface area contributed by atoms with E-state index in [-0.39, 0.29) is 5.92 Å². The molecule has 0 N–H and O–H groups in total. The normalized spacial score (nSPS) is 21.0. The summed E-state index contributed by atoms with van der Waals surface area (Å²) >= 11 is 0. The fourth-order valence-corrected chi connectivity index (χ4v) is 3.64. The number of anilines is 1. The maximum atomic E-state index is 5.39. The monoisotopic (exact) mass is 313 g/mol. The van der Waals surface area contributed by atoms with E-state index in [0.717, 1.165) is 56.3 Å². The lowest BCUT2D eigenvalue weighted by Crippen LogP contribution is -2.36. The topological polar surface area (TPSA) is 67.9 Å². The van der Waals surface area contributed by atoms with Crippen LogP contribution in [0.25, 0.3) is 0 Å². The van der Waals surface area contributed by atoms with Crippen LogP contribution in [0, 0.1) is 0 Å². The molecule has 1 atom stereocenters. The van der Waals surface area contributed by atoms with E-state index in [0.29, 0.717) is 5.92 Å². The van der Waals surface area contributed by atoms with E-state index in [2.05, 4.69) is 38.9 Å². The molecule has 1 aliphatic heterocycles. The van der Waals surface area contributed by atoms with E-state index in [1.807, 2.05) is 0 Å². The number of nitrogens with zero attached hydrogens (tertiary/aromatic N) is 5. The van der Waals surface area contributed by atoms with Gasteiger partial charge in [0.25, 0.3) is 0 Å². The van der Waals surface area contributed by atoms with Gasteiger partial charge in [-0.15, -0.1) is 0 Å². The molecule has 4 rings (SSSR count). The minimum atomic E-state index is 0.279. The second-order valence-corrected chi connectivity index (χ2v) is 6.91. The molecule has 0 unspecified atom stereocenters. The molecule has 0 saturated carbocycles. The Bertz CT molecular complexity index is 696. The van der Waals surface area contributed by atoms with E-state index in [9.17, 15) is 0 Å². The van der Waals surface area contributed by atoms with E-state index < -0.39 is 0 Å². The number of piperidine rings is 1. The molecule has 3 heterocycles. The van der Waals surface area contributed by atoms with Crippen LogP contribution in [0.3, 0.4) is 0 Å². The van der Waals surface area contributed by atoms with Crippen LogP contribution in [0.15, 0.2) is 10.9 Å². The molecule has 1 fully saturated rings. The SMILES string of the molecule is CC(C)c1nc([C@@H]2CCCN(c3ncnc4c3CCC4)C2)no1. The summed E-state index contributed by atoms with van der Waals surface area (Å²) in [7, 11) is 0. The van der Waals surface area contributed by atoms with Gasteiger partial charge in [-0.25, -0.2) is 9.97 Å². The highest BCUT2D eigenvalue weighted by Gasteiger charge is 2.29. The van der Waals surface area contributed by atoms with E-state index in [4.69, 9.17) is 4.52 Å². The van der Waals surface area contributed by atoms with Gasteiger partial charge in [-0.3, -0.25) is 0 Å². The van der Waals surface area contributed by atoms with Crippen LogP contribution >= 0.6 is 0 Å². The molecule has 122 valence electrons. The van der Waals surface area contributed by atoms with Crippen molar-refractivity contribution in [2.45, 2.75) is 57.8 Å². The van der Waals surface area contributed by atoms with Crippen molar-refractivity contribution in [3.05, 3.63) is 29.3 Å². The molecule has 23 heavy (non-hydrogen) atoms. The van der Waals surface area contributed by atoms with Crippen molar-refractivity contribution in [3.63, 3.8) is 0 Å². The van der Waals surface area contributed by atoms with Crippen LogP contribution in [0.1, 0.15) is 67.9 Å². The van der Waals surface area contributed by atoms with Gasteiger partial charge in [0.05, 0.1) is 0 Å². The standard InChI is InChI=1S/C17H23N5O/c1-11(2)17-20-15(21-23-17)12-5-4-8-22(9-12)16-13-6-3-7-14(13)18-10-19-16/h10-12H,3-9H2,1-2H3/t12-/m1/s1. The highest BCUT2D eigenvalue weighted by Crippen LogP contribution is 2.33. The molecule has 0 amide bonds. The van der Waals surface area contributed by atoms with Crippen molar-refractivity contribution in [1.29, 1.82) is 0 Å². The molecule has 2 aromatic heterocycles. The van der Waals surface area contributed by atoms with Gasteiger partial charge in [-0.2, -0.15) is 4.98 Å². The third kappa shape index (κ3) is 2.71. The molecule has 1 saturated heterocycles. The predicted octanol–water partition coefficient (Wildman–Crippen LogP) is 2.86. The number of aryl methyl sites for hydroxylation is 1. The van der Waals surface area contributed by atoms with Crippen LogP contribution in [-0.4, -0.2) is 33.2 Å². The number of rotatable bonds is 3. The molecule has 6 heteroatoms. The van der Waals surface area contributed by atoms with Gasteiger partial charge < -0.3 is 9.42 Å². The minimum Gasteiger partial charge on any atom is -0.356 e. The van der Waals surface area contributed by atoms with Gasteiger partial charge >= 0.3 is 0 Å². The lowest BCUT2D eigenvalue weighted by Gasteiger charge is -2.33. The zero-order valence-corrected chi connectivity index (χ0v) is 13.8. The quantitative estimate of drug-likeness (QED) is 0.868. The number of aromatic nitrogens is 4. The van der Waals surface area contributed by atoms with E-state index in [1.165, 1.54) is 17.7 Å². The molecule has 0 aromatic carbocycles. The third-order valence-electron chi connectivity index (χ3n) is 4.89. The molecule has 0 bridgehead atoms. The Kier molecular flexibility index (Phi) is 3.75. The maximum absolute atomic E-state index is 5.39. The van der Waals surface area contributed by atoms with E-state index >= 15 is 0 Å². The summed E-state index contributed by atoms with van der Waals surface area (Å²) in [5, 5.41) is 4.22. The Balaban J connectivity index is 1.56. The Morgan fingerprint density at radius 2 is 2.13 bits per heavy atom. The fourth-order valence-electron chi connectivity index (χ4n) is 3.64. The molecule has 2 aliphatic rings. The van der Waals surface area contributed by atoms with Gasteiger partial charge in [0.15, 0.2) is 5.82 Å². The molecular weight excluding hydrogens is 290 g/mol. The van der Waals surface area contributed by atoms with Gasteiger partial charge in [0.1, 0.15) is 12.1 Å². The number of hydrogen-bond acceptors (Lipinski definition) is 6. The molecule has 0 spiro atoms. The highest BCUT2D eigenvalue weighted by atomic mass is 16.5. The van der Waals surface area contributed by atoms with Gasteiger partial charge in [0.2, 0.25) is 5.89 Å². The average Bonchev–Trinajstić information content (AvgIpc) is 3.24. The highest BCUT2D eigenvalue weighted by molar-refractivity contribution is 5.51. The zero-order chi connectivity index (χ0) is 15.8. The molecule has 1 aliphatic carbocycles. The molecule has 6 nitrogen and oxygen atoms in total. The summed E-state index contributed by atoms with van der Waals surface area (Å²) in [4.78, 5) is 16.0. The zero-order valence-electron chi connectivity index (χ0n) is 13.8. The van der Waals surface area contributed by atoms with Gasteiger partial charge in [-0.1, -0.05) is 19.0 Å². The maximum Gasteiger partial charge on any atom is 0.229 e. The lowest BCUT2D eigenvalue weighted by molar-refractivity contribution is 0.354. The van der Waals surface area contributed by atoms with Crippen molar-refractivity contribution in [2.24, 2.45) is 0 Å². The van der Waals surface area contributed by atoms with Crippen molar-refractivity contribution in [2.75, 3.05) is 18.0 Å². The predicted molar refractivity (Wildman–Crippen MR) is 86.6 cm³/mol. The molecular formula is C17H23N5O. The van der Waals surface area contributed by atoms with Crippen LogP contribution in [0.2, 0.25) is 0 Å². The first-order valence-corrected chi connectivity index (χ1v) is 8.63. The Morgan fingerprint density at radius 3 is 2.96 bits per heavy atom. The average molecular weight is 313 g/mol.